The molecule has 1 aromatic carbocycles. The van der Waals surface area contributed by atoms with Crippen LogP contribution in [0.15, 0.2) is 35.1 Å². The molecule has 0 amide bonds. The molecule has 0 aliphatic heterocycles. The fourth-order valence-electron chi connectivity index (χ4n) is 2.57. The van der Waals surface area contributed by atoms with Crippen LogP contribution >= 0.6 is 0 Å². The second-order valence-electron chi connectivity index (χ2n) is 5.18. The van der Waals surface area contributed by atoms with Crippen molar-refractivity contribution in [2.45, 2.75) is 45.6 Å². The minimum atomic E-state index is 0.0274. The van der Waals surface area contributed by atoms with E-state index in [0.29, 0.717) is 5.82 Å². The summed E-state index contributed by atoms with van der Waals surface area (Å²) in [6, 6.07) is 9.67. The minimum absolute atomic E-state index is 0.0274. The number of fused-ring (bicyclic) bond motifs is 1. The van der Waals surface area contributed by atoms with Gasteiger partial charge in [-0.3, -0.25) is 9.36 Å². The summed E-state index contributed by atoms with van der Waals surface area (Å²) in [6.07, 6.45) is 4.52. The van der Waals surface area contributed by atoms with Crippen molar-refractivity contribution in [1.29, 1.82) is 0 Å². The highest BCUT2D eigenvalue weighted by Crippen LogP contribution is 2.20. The molecule has 1 heterocycles. The van der Waals surface area contributed by atoms with Crippen molar-refractivity contribution in [1.82, 2.24) is 4.57 Å². The van der Waals surface area contributed by atoms with E-state index in [2.05, 4.69) is 13.8 Å². The average Bonchev–Trinajstić information content (AvgIpc) is 2.39. The number of unbranched alkanes of at least 4 members (excludes halogenated alkanes) is 2. The number of hydrogen-bond acceptors (Lipinski definition) is 2. The highest BCUT2D eigenvalue weighted by molar-refractivity contribution is 5.83. The Bertz CT molecular complexity index is 616. The van der Waals surface area contributed by atoms with Gasteiger partial charge in [0.15, 0.2) is 0 Å². The lowest BCUT2D eigenvalue weighted by atomic mass is 10.1. The van der Waals surface area contributed by atoms with Crippen molar-refractivity contribution in [3.63, 3.8) is 0 Å². The van der Waals surface area contributed by atoms with Gasteiger partial charge in [-0.2, -0.15) is 0 Å². The summed E-state index contributed by atoms with van der Waals surface area (Å²) in [4.78, 5) is 12.5. The number of nitrogen functional groups attached to an aromatic ring is 1. The van der Waals surface area contributed by atoms with Gasteiger partial charge in [-0.1, -0.05) is 44.4 Å². The SMILES string of the molecule is CCCCCC(C)n1c(N)cc2ccccc2c1=O. The molecule has 2 aromatic rings. The summed E-state index contributed by atoms with van der Waals surface area (Å²) in [5, 5.41) is 1.67. The van der Waals surface area contributed by atoms with Gasteiger partial charge in [-0.05, 0) is 30.9 Å². The molecular formula is C16H22N2O. The summed E-state index contributed by atoms with van der Waals surface area (Å²) < 4.78 is 1.73. The van der Waals surface area contributed by atoms with Crippen LogP contribution in [0.25, 0.3) is 10.8 Å². The van der Waals surface area contributed by atoms with Crippen molar-refractivity contribution in [3.8, 4) is 0 Å². The molecule has 2 N–H and O–H groups in total. The molecule has 3 nitrogen and oxygen atoms in total. The lowest BCUT2D eigenvalue weighted by Gasteiger charge is -2.18. The maximum Gasteiger partial charge on any atom is 0.260 e. The highest BCUT2D eigenvalue weighted by atomic mass is 16.1. The molecule has 2 rings (SSSR count). The number of hydrogen-bond donors (Lipinski definition) is 1. The maximum atomic E-state index is 12.5. The van der Waals surface area contributed by atoms with E-state index >= 15 is 0 Å². The summed E-state index contributed by atoms with van der Waals surface area (Å²) in [7, 11) is 0. The third kappa shape index (κ3) is 2.80. The van der Waals surface area contributed by atoms with Crippen LogP contribution < -0.4 is 11.3 Å². The number of anilines is 1. The predicted molar refractivity (Wildman–Crippen MR) is 81.5 cm³/mol. The second-order valence-corrected chi connectivity index (χ2v) is 5.18. The largest absolute Gasteiger partial charge is 0.385 e. The molecule has 0 radical (unpaired) electrons. The van der Waals surface area contributed by atoms with Gasteiger partial charge in [0.2, 0.25) is 0 Å². The van der Waals surface area contributed by atoms with Gasteiger partial charge in [-0.25, -0.2) is 0 Å². The van der Waals surface area contributed by atoms with Crippen LogP contribution in [0.3, 0.4) is 0 Å². The number of rotatable bonds is 5. The molecular weight excluding hydrogens is 236 g/mol. The molecule has 0 aliphatic carbocycles. The molecule has 1 aromatic heterocycles. The van der Waals surface area contributed by atoms with Gasteiger partial charge in [0.25, 0.3) is 5.56 Å². The Morgan fingerprint density at radius 3 is 2.74 bits per heavy atom. The van der Waals surface area contributed by atoms with Crippen molar-refractivity contribution in [2.75, 3.05) is 5.73 Å². The Morgan fingerprint density at radius 1 is 1.26 bits per heavy atom. The minimum Gasteiger partial charge on any atom is -0.385 e. The first kappa shape index (κ1) is 13.7. The Balaban J connectivity index is 2.40. The normalized spacial score (nSPS) is 12.7. The lowest BCUT2D eigenvalue weighted by Crippen LogP contribution is -2.26. The van der Waals surface area contributed by atoms with Gasteiger partial charge in [0.1, 0.15) is 5.82 Å². The van der Waals surface area contributed by atoms with Gasteiger partial charge >= 0.3 is 0 Å². The summed E-state index contributed by atoms with van der Waals surface area (Å²) in [5.74, 6) is 0.563. The predicted octanol–water partition coefficient (Wildman–Crippen LogP) is 3.73. The molecule has 102 valence electrons. The molecule has 0 bridgehead atoms. The number of aromatic nitrogens is 1. The number of nitrogens with zero attached hydrogens (tertiary/aromatic N) is 1. The third-order valence-electron chi connectivity index (χ3n) is 3.66. The molecule has 19 heavy (non-hydrogen) atoms. The number of pyridine rings is 1. The van der Waals surface area contributed by atoms with E-state index in [-0.39, 0.29) is 11.6 Å². The topological polar surface area (TPSA) is 48.0 Å². The molecule has 0 aliphatic rings. The van der Waals surface area contributed by atoms with Crippen molar-refractivity contribution in [2.24, 2.45) is 0 Å². The van der Waals surface area contributed by atoms with Crippen LogP contribution in [0.1, 0.15) is 45.6 Å². The van der Waals surface area contributed by atoms with Crippen LogP contribution in [-0.4, -0.2) is 4.57 Å². The van der Waals surface area contributed by atoms with Gasteiger partial charge < -0.3 is 5.73 Å². The van der Waals surface area contributed by atoms with Gasteiger partial charge in [-0.15, -0.1) is 0 Å². The fraction of sp³-hybridized carbons (Fsp3) is 0.438. The van der Waals surface area contributed by atoms with Crippen LogP contribution in [0.2, 0.25) is 0 Å². The highest BCUT2D eigenvalue weighted by Gasteiger charge is 2.12. The molecule has 0 saturated carbocycles. The fourth-order valence-corrected chi connectivity index (χ4v) is 2.57. The van der Waals surface area contributed by atoms with Crippen molar-refractivity contribution >= 4 is 16.6 Å². The molecule has 0 saturated heterocycles. The molecule has 0 fully saturated rings. The van der Waals surface area contributed by atoms with Crippen LogP contribution in [0, 0.1) is 0 Å². The van der Waals surface area contributed by atoms with E-state index in [1.807, 2.05) is 30.3 Å². The van der Waals surface area contributed by atoms with E-state index in [4.69, 9.17) is 5.73 Å². The number of nitrogens with two attached hydrogens (primary N) is 1. The summed E-state index contributed by atoms with van der Waals surface area (Å²) in [6.45, 7) is 4.25. The standard InChI is InChI=1S/C16H22N2O/c1-3-4-5-8-12(2)18-15(17)11-13-9-6-7-10-14(13)16(18)19/h6-7,9-12H,3-5,8,17H2,1-2H3. The summed E-state index contributed by atoms with van der Waals surface area (Å²) in [5.41, 5.74) is 6.08. The zero-order valence-corrected chi connectivity index (χ0v) is 11.7. The van der Waals surface area contributed by atoms with E-state index in [1.165, 1.54) is 12.8 Å². The van der Waals surface area contributed by atoms with Gasteiger partial charge in [0, 0.05) is 11.4 Å². The second kappa shape index (κ2) is 5.91. The Hall–Kier alpha value is -1.77. The quantitative estimate of drug-likeness (QED) is 0.831. The molecule has 1 unspecified atom stereocenters. The van der Waals surface area contributed by atoms with E-state index in [0.717, 1.165) is 23.6 Å². The first-order valence-electron chi connectivity index (χ1n) is 7.05. The van der Waals surface area contributed by atoms with E-state index < -0.39 is 0 Å². The van der Waals surface area contributed by atoms with Crippen molar-refractivity contribution < 1.29 is 0 Å². The lowest BCUT2D eigenvalue weighted by molar-refractivity contribution is 0.473. The zero-order chi connectivity index (χ0) is 13.8. The van der Waals surface area contributed by atoms with E-state index in [9.17, 15) is 4.79 Å². The smallest absolute Gasteiger partial charge is 0.260 e. The van der Waals surface area contributed by atoms with Crippen LogP contribution in [-0.2, 0) is 0 Å². The van der Waals surface area contributed by atoms with Crippen molar-refractivity contribution in [3.05, 3.63) is 40.7 Å². The Kier molecular flexibility index (Phi) is 4.25. The van der Waals surface area contributed by atoms with E-state index in [1.54, 1.807) is 4.57 Å². The van der Waals surface area contributed by atoms with Crippen LogP contribution in [0.4, 0.5) is 5.82 Å². The molecule has 0 spiro atoms. The van der Waals surface area contributed by atoms with Gasteiger partial charge in [0.05, 0.1) is 0 Å². The Labute approximate surface area is 114 Å². The molecule has 3 heteroatoms. The first-order chi connectivity index (χ1) is 9.15. The zero-order valence-electron chi connectivity index (χ0n) is 11.7. The Morgan fingerprint density at radius 2 is 2.00 bits per heavy atom. The summed E-state index contributed by atoms with van der Waals surface area (Å²) >= 11 is 0. The third-order valence-corrected chi connectivity index (χ3v) is 3.66. The number of benzene rings is 1. The average molecular weight is 258 g/mol. The maximum absolute atomic E-state index is 12.5. The molecule has 1 atom stereocenters. The monoisotopic (exact) mass is 258 g/mol. The van der Waals surface area contributed by atoms with Crippen LogP contribution in [0.5, 0.6) is 0 Å². The first-order valence-corrected chi connectivity index (χ1v) is 7.05.